The highest BCUT2D eigenvalue weighted by molar-refractivity contribution is 6.13. The Morgan fingerprint density at radius 1 is 0.457 bits per heavy atom. The summed E-state index contributed by atoms with van der Waals surface area (Å²) in [4.78, 5) is 40.1. The molecule has 6 N–H and O–H groups in total. The van der Waals surface area contributed by atoms with E-state index >= 15 is 0 Å². The molecule has 180 valence electrons. The average molecular weight is 473 g/mol. The Labute approximate surface area is 204 Å². The molecule has 8 nitrogen and oxygen atoms in total. The molecule has 0 saturated heterocycles. The number of benzene rings is 3. The average Bonchev–Trinajstić information content (AvgIpc) is 3.42. The molecule has 0 fully saturated rings. The molecular weight excluding hydrogens is 444 g/mol. The summed E-state index contributed by atoms with van der Waals surface area (Å²) < 4.78 is 0. The Morgan fingerprint density at radius 2 is 0.714 bits per heavy atom. The fourth-order valence-corrected chi connectivity index (χ4v) is 2.15. The first-order chi connectivity index (χ1) is 16.8. The molecule has 0 unspecified atom stereocenters. The summed E-state index contributed by atoms with van der Waals surface area (Å²) in [5.41, 5.74) is 13.7. The van der Waals surface area contributed by atoms with Crippen molar-refractivity contribution in [3.05, 3.63) is 121 Å². The van der Waals surface area contributed by atoms with Gasteiger partial charge in [0.15, 0.2) is 0 Å². The van der Waals surface area contributed by atoms with Crippen molar-refractivity contribution in [1.29, 1.82) is 0 Å². The van der Waals surface area contributed by atoms with Gasteiger partial charge in [-0.3, -0.25) is 29.8 Å². The number of hydrogen-bond donors (Lipinski definition) is 4. The molecule has 4 amide bonds. The topological polar surface area (TPSA) is 144 Å². The van der Waals surface area contributed by atoms with Crippen LogP contribution < -0.4 is 22.1 Å². The molecule has 2 aliphatic rings. The van der Waals surface area contributed by atoms with Gasteiger partial charge in [0.05, 0.1) is 0 Å². The molecule has 0 bridgehead atoms. The number of imide groups is 2. The number of nitrogens with two attached hydrogens (primary N) is 2. The van der Waals surface area contributed by atoms with E-state index in [1.54, 1.807) is 0 Å². The number of carbonyl (C=O) groups excluding carboxylic acids is 4. The van der Waals surface area contributed by atoms with Crippen molar-refractivity contribution in [3.63, 3.8) is 0 Å². The second kappa shape index (κ2) is 16.6. The van der Waals surface area contributed by atoms with Gasteiger partial charge in [0.25, 0.3) is 23.6 Å². The summed E-state index contributed by atoms with van der Waals surface area (Å²) in [6.45, 7) is 2.08. The lowest BCUT2D eigenvalue weighted by atomic mass is 10.2. The highest BCUT2D eigenvalue weighted by Crippen LogP contribution is 1.96. The first kappa shape index (κ1) is 28.1. The van der Waals surface area contributed by atoms with Crippen molar-refractivity contribution < 1.29 is 19.2 Å². The van der Waals surface area contributed by atoms with E-state index in [0.717, 1.165) is 11.4 Å². The predicted octanol–water partition coefficient (Wildman–Crippen LogP) is 2.93. The number of carbonyl (C=O) groups is 4. The van der Waals surface area contributed by atoms with E-state index in [1.807, 2.05) is 89.5 Å². The van der Waals surface area contributed by atoms with Gasteiger partial charge < -0.3 is 11.5 Å². The van der Waals surface area contributed by atoms with Crippen LogP contribution in [0.3, 0.4) is 0 Å². The van der Waals surface area contributed by atoms with Crippen LogP contribution in [0.5, 0.6) is 0 Å². The molecule has 5 rings (SSSR count). The van der Waals surface area contributed by atoms with Crippen molar-refractivity contribution in [2.24, 2.45) is 0 Å². The Hall–Kier alpha value is -4.98. The van der Waals surface area contributed by atoms with E-state index in [0.29, 0.717) is 0 Å². The van der Waals surface area contributed by atoms with Crippen molar-refractivity contribution in [2.45, 2.75) is 6.92 Å². The Morgan fingerprint density at radius 3 is 0.829 bits per heavy atom. The maximum Gasteiger partial charge on any atom is 0.250 e. The summed E-state index contributed by atoms with van der Waals surface area (Å²) >= 11 is 0. The minimum Gasteiger partial charge on any atom is -0.399 e. The van der Waals surface area contributed by atoms with E-state index in [4.69, 9.17) is 11.5 Å². The van der Waals surface area contributed by atoms with Crippen LogP contribution >= 0.6 is 0 Å². The smallest absolute Gasteiger partial charge is 0.250 e. The molecule has 0 atom stereocenters. The van der Waals surface area contributed by atoms with Crippen LogP contribution in [0.15, 0.2) is 115 Å². The van der Waals surface area contributed by atoms with E-state index in [-0.39, 0.29) is 23.6 Å². The number of nitrogen functional groups attached to an aromatic ring is 2. The molecule has 35 heavy (non-hydrogen) atoms. The number of hydrogen-bond acceptors (Lipinski definition) is 6. The van der Waals surface area contributed by atoms with Crippen LogP contribution in [0.25, 0.3) is 0 Å². The highest BCUT2D eigenvalue weighted by Gasteiger charge is 2.07. The zero-order chi connectivity index (χ0) is 25.9. The largest absolute Gasteiger partial charge is 0.399 e. The van der Waals surface area contributed by atoms with Crippen LogP contribution in [0, 0.1) is 6.92 Å². The van der Waals surface area contributed by atoms with Gasteiger partial charge in [-0.25, -0.2) is 0 Å². The lowest BCUT2D eigenvalue weighted by Gasteiger charge is -1.83. The first-order valence-corrected chi connectivity index (χ1v) is 10.4. The van der Waals surface area contributed by atoms with Crippen molar-refractivity contribution >= 4 is 35.0 Å². The van der Waals surface area contributed by atoms with Crippen LogP contribution in [0.1, 0.15) is 5.56 Å². The van der Waals surface area contributed by atoms with Crippen LogP contribution in [-0.4, -0.2) is 23.6 Å². The molecule has 3 aromatic rings. The minimum atomic E-state index is -0.329. The van der Waals surface area contributed by atoms with Gasteiger partial charge in [-0.05, 0) is 31.2 Å². The highest BCUT2D eigenvalue weighted by atomic mass is 16.2. The molecule has 3 aromatic carbocycles. The van der Waals surface area contributed by atoms with Gasteiger partial charge in [-0.15, -0.1) is 0 Å². The molecule has 0 saturated carbocycles. The molecule has 2 heterocycles. The molecule has 2 aliphatic heterocycles. The summed E-state index contributed by atoms with van der Waals surface area (Å²) in [6, 6.07) is 29.2. The summed E-state index contributed by atoms with van der Waals surface area (Å²) in [5.74, 6) is -1.31. The van der Waals surface area contributed by atoms with Crippen LogP contribution in [0.2, 0.25) is 0 Å². The third kappa shape index (κ3) is 15.5. The molecular formula is C27H28N4O4. The summed E-state index contributed by atoms with van der Waals surface area (Å²) in [6.07, 6.45) is 4.79. The molecule has 0 radical (unpaired) electrons. The fourth-order valence-electron chi connectivity index (χ4n) is 2.15. The van der Waals surface area contributed by atoms with Crippen molar-refractivity contribution in [1.82, 2.24) is 10.6 Å². The summed E-state index contributed by atoms with van der Waals surface area (Å²) in [5, 5.41) is 4.06. The van der Waals surface area contributed by atoms with Crippen molar-refractivity contribution in [2.75, 3.05) is 11.5 Å². The monoisotopic (exact) mass is 472 g/mol. The maximum atomic E-state index is 10.0. The number of rotatable bonds is 0. The molecule has 8 heteroatoms. The number of nitrogens with one attached hydrogen (secondary N) is 2. The lowest BCUT2D eigenvalue weighted by Crippen LogP contribution is -2.19. The number of amides is 4. The minimum absolute atomic E-state index is 0.329. The number of para-hydroxylation sites is 2. The van der Waals surface area contributed by atoms with Gasteiger partial charge in [-0.2, -0.15) is 0 Å². The first-order valence-electron chi connectivity index (χ1n) is 10.4. The van der Waals surface area contributed by atoms with Gasteiger partial charge in [0.2, 0.25) is 0 Å². The van der Waals surface area contributed by atoms with Gasteiger partial charge in [0.1, 0.15) is 0 Å². The third-order valence-electron chi connectivity index (χ3n) is 3.80. The molecule has 0 spiro atoms. The standard InChI is InChI=1S/C7H8.2C6H7N.2C4H3NO2/c1-7-5-3-2-4-6-7;2*7-6-4-2-1-3-5-6;2*6-3-1-2-4(7)5-3/h2-6H,1H3;2*1-5H,7H2;2*1-2H,(H,5,6,7). The maximum absolute atomic E-state index is 10.0. The van der Waals surface area contributed by atoms with E-state index < -0.39 is 0 Å². The molecule has 0 aliphatic carbocycles. The van der Waals surface area contributed by atoms with Gasteiger partial charge in [0, 0.05) is 35.7 Å². The van der Waals surface area contributed by atoms with Crippen LogP contribution in [-0.2, 0) is 19.2 Å². The summed E-state index contributed by atoms with van der Waals surface area (Å²) in [7, 11) is 0. The zero-order valence-electron chi connectivity index (χ0n) is 19.3. The second-order valence-corrected chi connectivity index (χ2v) is 6.85. The molecule has 0 aromatic heterocycles. The van der Waals surface area contributed by atoms with Crippen molar-refractivity contribution in [3.8, 4) is 0 Å². The third-order valence-corrected chi connectivity index (χ3v) is 3.80. The Kier molecular flexibility index (Phi) is 13.3. The van der Waals surface area contributed by atoms with E-state index in [1.165, 1.54) is 29.9 Å². The van der Waals surface area contributed by atoms with Gasteiger partial charge in [-0.1, -0.05) is 72.3 Å². The van der Waals surface area contributed by atoms with Gasteiger partial charge >= 0.3 is 0 Å². The fraction of sp³-hybridized carbons (Fsp3) is 0.0370. The second-order valence-electron chi connectivity index (χ2n) is 6.85. The Balaban J connectivity index is 0.000000219. The zero-order valence-corrected chi connectivity index (χ0v) is 19.3. The lowest BCUT2D eigenvalue weighted by molar-refractivity contribution is -0.125. The number of anilines is 2. The normalized spacial score (nSPS) is 12.3. The van der Waals surface area contributed by atoms with E-state index in [9.17, 15) is 19.2 Å². The predicted molar refractivity (Wildman–Crippen MR) is 137 cm³/mol. The SMILES string of the molecule is Cc1ccccc1.Nc1ccccc1.Nc1ccccc1.O=C1C=CC(=O)N1.O=C1C=CC(=O)N1. The van der Waals surface area contributed by atoms with E-state index in [2.05, 4.69) is 19.1 Å². The Bertz CT molecular complexity index is 972. The number of aryl methyl sites for hydroxylation is 1. The van der Waals surface area contributed by atoms with Crippen LogP contribution in [0.4, 0.5) is 11.4 Å². The quantitative estimate of drug-likeness (QED) is 0.292.